The van der Waals surface area contributed by atoms with Gasteiger partial charge in [0, 0.05) is 0 Å². The monoisotopic (exact) mass is 303 g/mol. The summed E-state index contributed by atoms with van der Waals surface area (Å²) in [5.41, 5.74) is 0. The van der Waals surface area contributed by atoms with Crippen molar-refractivity contribution in [3.05, 3.63) is 12.3 Å². The zero-order valence-corrected chi connectivity index (χ0v) is 15.2. The molecular formula is C18H38ClN. The molecule has 0 spiro atoms. The van der Waals surface area contributed by atoms with Crippen LogP contribution >= 0.6 is 0 Å². The largest absolute Gasteiger partial charge is 1.00 e. The van der Waals surface area contributed by atoms with E-state index in [4.69, 9.17) is 0 Å². The number of hydrogen-bond donors (Lipinski definition) is 0. The van der Waals surface area contributed by atoms with Gasteiger partial charge in [0.1, 0.15) is 0 Å². The number of allylic oxidation sites excluding steroid dienone is 1. The third-order valence-electron chi connectivity index (χ3n) is 3.82. The normalized spacial score (nSPS) is 11.8. The van der Waals surface area contributed by atoms with Crippen LogP contribution in [0.1, 0.15) is 84.5 Å². The second-order valence-corrected chi connectivity index (χ2v) is 6.50. The van der Waals surface area contributed by atoms with Crippen molar-refractivity contribution in [2.75, 3.05) is 20.6 Å². The standard InChI is InChI=1S/C18H38N.ClH/c1-5-7-9-11-13-15-17-19(3,4)18-16-14-12-10-8-6-2;/h15,17H,5-14,16,18H2,1-4H3;1H/q+1;/p-1/b17-15+;. The van der Waals surface area contributed by atoms with E-state index in [9.17, 15) is 0 Å². The molecule has 0 rings (SSSR count). The molecule has 0 saturated carbocycles. The molecule has 0 aromatic heterocycles. The van der Waals surface area contributed by atoms with Crippen LogP contribution in [-0.2, 0) is 0 Å². The second kappa shape index (κ2) is 15.4. The molecule has 0 fully saturated rings. The Balaban J connectivity index is 0. The first-order valence-corrected chi connectivity index (χ1v) is 8.62. The Bertz CT molecular complexity index is 211. The van der Waals surface area contributed by atoms with Crippen molar-refractivity contribution < 1.29 is 16.9 Å². The van der Waals surface area contributed by atoms with E-state index in [1.165, 1.54) is 77.2 Å². The molecule has 0 saturated heterocycles. The molecule has 0 aliphatic carbocycles. The fourth-order valence-corrected chi connectivity index (χ4v) is 2.42. The lowest BCUT2D eigenvalue weighted by Gasteiger charge is -2.25. The van der Waals surface area contributed by atoms with Gasteiger partial charge in [-0.3, -0.25) is 0 Å². The Hall–Kier alpha value is -0.0100. The van der Waals surface area contributed by atoms with E-state index in [1.54, 1.807) is 0 Å². The number of rotatable bonds is 13. The molecule has 122 valence electrons. The van der Waals surface area contributed by atoms with Crippen LogP contribution in [0.4, 0.5) is 0 Å². The molecule has 0 aromatic carbocycles. The van der Waals surface area contributed by atoms with Crippen LogP contribution in [0.25, 0.3) is 0 Å². The SMILES string of the molecule is CCCCCC/C=C/[N+](C)(C)CCCCCCCC.[Cl-]. The lowest BCUT2D eigenvalue weighted by molar-refractivity contribution is -0.839. The Kier molecular flexibility index (Phi) is 17.1. The second-order valence-electron chi connectivity index (χ2n) is 6.50. The van der Waals surface area contributed by atoms with Gasteiger partial charge in [-0.1, -0.05) is 58.8 Å². The Morgan fingerprint density at radius 2 is 1.20 bits per heavy atom. The maximum Gasteiger partial charge on any atom is 0.0913 e. The zero-order chi connectivity index (χ0) is 14.4. The minimum absolute atomic E-state index is 0. The Labute approximate surface area is 134 Å². The molecule has 0 aromatic rings. The predicted molar refractivity (Wildman–Crippen MR) is 88.3 cm³/mol. The summed E-state index contributed by atoms with van der Waals surface area (Å²) >= 11 is 0. The topological polar surface area (TPSA) is 0 Å². The first-order chi connectivity index (χ1) is 9.12. The molecular weight excluding hydrogens is 266 g/mol. The van der Waals surface area contributed by atoms with Gasteiger partial charge in [-0.05, 0) is 31.8 Å². The summed E-state index contributed by atoms with van der Waals surface area (Å²) in [6.07, 6.45) is 19.9. The Morgan fingerprint density at radius 1 is 0.700 bits per heavy atom. The molecule has 0 N–H and O–H groups in total. The van der Waals surface area contributed by atoms with Gasteiger partial charge in [0.25, 0.3) is 0 Å². The average molecular weight is 304 g/mol. The fraction of sp³-hybridized carbons (Fsp3) is 0.889. The summed E-state index contributed by atoms with van der Waals surface area (Å²) in [5.74, 6) is 0. The van der Waals surface area contributed by atoms with Crippen LogP contribution in [-0.4, -0.2) is 25.1 Å². The summed E-state index contributed by atoms with van der Waals surface area (Å²) in [6.45, 7) is 5.85. The van der Waals surface area contributed by atoms with Crippen molar-refractivity contribution in [2.24, 2.45) is 0 Å². The molecule has 1 nitrogen and oxygen atoms in total. The van der Waals surface area contributed by atoms with Crippen molar-refractivity contribution in [1.29, 1.82) is 0 Å². The van der Waals surface area contributed by atoms with Gasteiger partial charge in [0.2, 0.25) is 0 Å². The van der Waals surface area contributed by atoms with Crippen molar-refractivity contribution in [1.82, 2.24) is 0 Å². The smallest absolute Gasteiger partial charge is 0.0913 e. The molecule has 0 unspecified atom stereocenters. The highest BCUT2D eigenvalue weighted by molar-refractivity contribution is 4.73. The van der Waals surface area contributed by atoms with E-state index >= 15 is 0 Å². The summed E-state index contributed by atoms with van der Waals surface area (Å²) in [6, 6.07) is 0. The van der Waals surface area contributed by atoms with Crippen LogP contribution in [0.15, 0.2) is 12.3 Å². The van der Waals surface area contributed by atoms with Crippen LogP contribution in [0.3, 0.4) is 0 Å². The van der Waals surface area contributed by atoms with Gasteiger partial charge in [-0.15, -0.1) is 0 Å². The Morgan fingerprint density at radius 3 is 1.80 bits per heavy atom. The lowest BCUT2D eigenvalue weighted by atomic mass is 10.1. The van der Waals surface area contributed by atoms with E-state index in [0.29, 0.717) is 0 Å². The summed E-state index contributed by atoms with van der Waals surface area (Å²) in [5, 5.41) is 0. The van der Waals surface area contributed by atoms with Crippen LogP contribution < -0.4 is 12.4 Å². The van der Waals surface area contributed by atoms with Crippen LogP contribution in [0.2, 0.25) is 0 Å². The van der Waals surface area contributed by atoms with E-state index in [1.807, 2.05) is 0 Å². The maximum atomic E-state index is 2.40. The van der Waals surface area contributed by atoms with Crippen LogP contribution in [0, 0.1) is 0 Å². The molecule has 0 bridgehead atoms. The van der Waals surface area contributed by atoms with E-state index in [2.05, 4.69) is 40.2 Å². The number of halogens is 1. The third-order valence-corrected chi connectivity index (χ3v) is 3.82. The molecule has 0 amide bonds. The van der Waals surface area contributed by atoms with Gasteiger partial charge in [0.05, 0.1) is 26.8 Å². The van der Waals surface area contributed by atoms with E-state index in [0.717, 1.165) is 4.48 Å². The first kappa shape index (κ1) is 22.3. The van der Waals surface area contributed by atoms with E-state index < -0.39 is 0 Å². The number of hydrogen-bond acceptors (Lipinski definition) is 0. The van der Waals surface area contributed by atoms with Crippen molar-refractivity contribution in [2.45, 2.75) is 84.5 Å². The highest BCUT2D eigenvalue weighted by Crippen LogP contribution is 2.10. The average Bonchev–Trinajstić information content (AvgIpc) is 2.38. The molecule has 20 heavy (non-hydrogen) atoms. The number of quaternary nitrogens is 1. The molecule has 0 atom stereocenters. The predicted octanol–water partition coefficient (Wildman–Crippen LogP) is 2.91. The van der Waals surface area contributed by atoms with Crippen molar-refractivity contribution in [3.63, 3.8) is 0 Å². The summed E-state index contributed by atoms with van der Waals surface area (Å²) < 4.78 is 1.06. The first-order valence-electron chi connectivity index (χ1n) is 8.62. The quantitative estimate of drug-likeness (QED) is 0.362. The number of unbranched alkanes of at least 4 members (excludes halogenated alkanes) is 9. The van der Waals surface area contributed by atoms with Crippen molar-refractivity contribution in [3.8, 4) is 0 Å². The summed E-state index contributed by atoms with van der Waals surface area (Å²) in [7, 11) is 4.66. The van der Waals surface area contributed by atoms with Gasteiger partial charge < -0.3 is 16.9 Å². The molecule has 0 aliphatic heterocycles. The van der Waals surface area contributed by atoms with Gasteiger partial charge in [-0.25, -0.2) is 0 Å². The molecule has 0 radical (unpaired) electrons. The zero-order valence-electron chi connectivity index (χ0n) is 14.5. The van der Waals surface area contributed by atoms with Crippen LogP contribution in [0.5, 0.6) is 0 Å². The summed E-state index contributed by atoms with van der Waals surface area (Å²) in [4.78, 5) is 0. The highest BCUT2D eigenvalue weighted by Gasteiger charge is 2.09. The van der Waals surface area contributed by atoms with Gasteiger partial charge >= 0.3 is 0 Å². The van der Waals surface area contributed by atoms with Gasteiger partial charge in [0.15, 0.2) is 0 Å². The van der Waals surface area contributed by atoms with Crippen molar-refractivity contribution >= 4 is 0 Å². The minimum Gasteiger partial charge on any atom is -1.00 e. The number of nitrogens with zero attached hydrogens (tertiary/aromatic N) is 1. The van der Waals surface area contributed by atoms with Gasteiger partial charge in [-0.2, -0.15) is 0 Å². The lowest BCUT2D eigenvalue weighted by Crippen LogP contribution is -3.00. The molecule has 2 heteroatoms. The maximum absolute atomic E-state index is 2.40. The molecule has 0 aliphatic rings. The van der Waals surface area contributed by atoms with E-state index in [-0.39, 0.29) is 12.4 Å². The molecule has 0 heterocycles. The minimum atomic E-state index is 0. The third kappa shape index (κ3) is 16.0. The fourth-order valence-electron chi connectivity index (χ4n) is 2.42. The highest BCUT2D eigenvalue weighted by atomic mass is 35.5.